The number of pyridine rings is 1. The zero-order chi connectivity index (χ0) is 20.5. The lowest BCUT2D eigenvalue weighted by atomic mass is 10.1. The number of carbonyl (C=O) groups is 1. The maximum Gasteiger partial charge on any atom is 0.269 e. The maximum absolute atomic E-state index is 12.0. The normalized spacial score (nSPS) is 15.1. The minimum Gasteiger partial charge on any atom is -0.368 e. The van der Waals surface area contributed by atoms with Gasteiger partial charge in [0.05, 0.1) is 22.4 Å². The summed E-state index contributed by atoms with van der Waals surface area (Å²) in [5.41, 5.74) is 6.77. The van der Waals surface area contributed by atoms with Crippen molar-refractivity contribution in [1.82, 2.24) is 19.9 Å². The molecule has 1 saturated heterocycles. The summed E-state index contributed by atoms with van der Waals surface area (Å²) < 4.78 is 0. The number of rotatable bonds is 4. The molecular formula is C22H25N5O2. The fourth-order valence-corrected chi connectivity index (χ4v) is 3.96. The van der Waals surface area contributed by atoms with Gasteiger partial charge in [0.2, 0.25) is 0 Å². The molecule has 0 radical (unpaired) electrons. The zero-order valence-corrected chi connectivity index (χ0v) is 17.0. The number of aromatic amines is 1. The summed E-state index contributed by atoms with van der Waals surface area (Å²) in [5.74, 6) is 0. The van der Waals surface area contributed by atoms with Gasteiger partial charge in [0.25, 0.3) is 5.56 Å². The lowest BCUT2D eigenvalue weighted by molar-refractivity contribution is 0.111. The third-order valence-corrected chi connectivity index (χ3v) is 5.72. The molecule has 3 aromatic rings. The molecule has 1 N–H and O–H groups in total. The van der Waals surface area contributed by atoms with Crippen molar-refractivity contribution >= 4 is 23.0 Å². The Morgan fingerprint density at radius 3 is 2.45 bits per heavy atom. The number of hydrogen-bond donors (Lipinski definition) is 1. The van der Waals surface area contributed by atoms with Crippen LogP contribution in [0.25, 0.3) is 11.0 Å². The molecule has 150 valence electrons. The van der Waals surface area contributed by atoms with Gasteiger partial charge in [-0.1, -0.05) is 6.07 Å². The highest BCUT2D eigenvalue weighted by Crippen LogP contribution is 2.23. The molecule has 4 rings (SSSR count). The average Bonchev–Trinajstić information content (AvgIpc) is 2.72. The van der Waals surface area contributed by atoms with E-state index in [0.29, 0.717) is 11.4 Å². The van der Waals surface area contributed by atoms with Gasteiger partial charge < -0.3 is 9.88 Å². The average molecular weight is 391 g/mol. The van der Waals surface area contributed by atoms with Crippen LogP contribution >= 0.6 is 0 Å². The molecule has 0 aliphatic carbocycles. The monoisotopic (exact) mass is 391 g/mol. The van der Waals surface area contributed by atoms with E-state index < -0.39 is 0 Å². The Balaban J connectivity index is 1.47. The molecule has 0 unspecified atom stereocenters. The highest BCUT2D eigenvalue weighted by molar-refractivity contribution is 5.79. The van der Waals surface area contributed by atoms with E-state index in [1.54, 1.807) is 13.0 Å². The van der Waals surface area contributed by atoms with Gasteiger partial charge in [-0.2, -0.15) is 0 Å². The number of nitrogens with zero attached hydrogens (tertiary/aromatic N) is 4. The molecule has 1 aliphatic rings. The van der Waals surface area contributed by atoms with Gasteiger partial charge in [-0.15, -0.1) is 0 Å². The van der Waals surface area contributed by atoms with Crippen molar-refractivity contribution in [2.45, 2.75) is 27.3 Å². The minimum absolute atomic E-state index is 0.129. The van der Waals surface area contributed by atoms with E-state index in [1.165, 1.54) is 5.56 Å². The van der Waals surface area contributed by atoms with Crippen LogP contribution in [0, 0.1) is 20.8 Å². The van der Waals surface area contributed by atoms with Crippen LogP contribution in [0.5, 0.6) is 0 Å². The first-order chi connectivity index (χ1) is 14.0. The zero-order valence-electron chi connectivity index (χ0n) is 17.0. The molecule has 29 heavy (non-hydrogen) atoms. The smallest absolute Gasteiger partial charge is 0.269 e. The summed E-state index contributed by atoms with van der Waals surface area (Å²) in [4.78, 5) is 39.3. The Bertz CT molecular complexity index is 1130. The van der Waals surface area contributed by atoms with E-state index in [1.807, 2.05) is 26.0 Å². The van der Waals surface area contributed by atoms with Crippen molar-refractivity contribution in [2.24, 2.45) is 0 Å². The fourth-order valence-electron chi connectivity index (χ4n) is 3.96. The minimum atomic E-state index is -0.129. The molecule has 7 heteroatoms. The Labute approximate surface area is 169 Å². The van der Waals surface area contributed by atoms with E-state index in [0.717, 1.165) is 67.0 Å². The summed E-state index contributed by atoms with van der Waals surface area (Å²) in [6, 6.07) is 7.86. The van der Waals surface area contributed by atoms with E-state index >= 15 is 0 Å². The third kappa shape index (κ3) is 3.78. The first-order valence-corrected chi connectivity index (χ1v) is 9.85. The Morgan fingerprint density at radius 1 is 1.00 bits per heavy atom. The van der Waals surface area contributed by atoms with E-state index in [-0.39, 0.29) is 5.56 Å². The van der Waals surface area contributed by atoms with Crippen LogP contribution in [0.3, 0.4) is 0 Å². The van der Waals surface area contributed by atoms with E-state index in [9.17, 15) is 9.59 Å². The molecule has 0 bridgehead atoms. The molecule has 3 heterocycles. The summed E-state index contributed by atoms with van der Waals surface area (Å²) >= 11 is 0. The summed E-state index contributed by atoms with van der Waals surface area (Å²) in [5, 5.41) is 0. The summed E-state index contributed by atoms with van der Waals surface area (Å²) in [6.45, 7) is 10.3. The van der Waals surface area contributed by atoms with Gasteiger partial charge in [0, 0.05) is 32.7 Å². The molecule has 0 amide bonds. The number of carbonyl (C=O) groups excluding carboxylic acids is 1. The molecule has 7 nitrogen and oxygen atoms in total. The first kappa shape index (κ1) is 19.3. The lowest BCUT2D eigenvalue weighted by Crippen LogP contribution is -2.46. The van der Waals surface area contributed by atoms with Gasteiger partial charge in [-0.25, -0.2) is 9.97 Å². The second-order valence-corrected chi connectivity index (χ2v) is 7.62. The predicted octanol–water partition coefficient (Wildman–Crippen LogP) is 2.38. The largest absolute Gasteiger partial charge is 0.368 e. The van der Waals surface area contributed by atoms with Gasteiger partial charge in [-0.05, 0) is 50.1 Å². The van der Waals surface area contributed by atoms with Crippen LogP contribution in [-0.2, 0) is 6.54 Å². The molecule has 0 spiro atoms. The number of aromatic nitrogens is 3. The van der Waals surface area contributed by atoms with Crippen molar-refractivity contribution < 1.29 is 4.79 Å². The molecular weight excluding hydrogens is 366 g/mol. The van der Waals surface area contributed by atoms with Crippen molar-refractivity contribution in [1.29, 1.82) is 0 Å². The van der Waals surface area contributed by atoms with Crippen LogP contribution in [0.15, 0.2) is 29.1 Å². The van der Waals surface area contributed by atoms with Gasteiger partial charge in [-0.3, -0.25) is 14.5 Å². The van der Waals surface area contributed by atoms with Crippen LogP contribution < -0.4 is 10.5 Å². The first-order valence-electron chi connectivity index (χ1n) is 9.85. The van der Waals surface area contributed by atoms with Crippen molar-refractivity contribution in [3.8, 4) is 0 Å². The van der Waals surface area contributed by atoms with Crippen molar-refractivity contribution in [3.05, 3.63) is 62.8 Å². The maximum atomic E-state index is 12.0. The highest BCUT2D eigenvalue weighted by atomic mass is 16.1. The number of benzene rings is 1. The topological polar surface area (TPSA) is 82.2 Å². The number of anilines is 1. The number of piperazine rings is 1. The number of aryl methyl sites for hydroxylation is 3. The number of H-pyrrole nitrogens is 1. The standard InChI is InChI=1S/C22H25N5O2/c1-14-17(4-6-19-21(14)25-22(29)16(3)24-19)12-26-8-10-27(11-9-26)20-7-5-18(13-28)23-15(20)2/h4-7,13H,8-12H2,1-3H3,(H,25,29). The van der Waals surface area contributed by atoms with Gasteiger partial charge in [0.1, 0.15) is 11.4 Å². The number of aldehydes is 1. The number of nitrogens with one attached hydrogen (secondary N) is 1. The second kappa shape index (κ2) is 7.75. The van der Waals surface area contributed by atoms with Crippen LogP contribution in [0.2, 0.25) is 0 Å². The quantitative estimate of drug-likeness (QED) is 0.688. The molecule has 1 fully saturated rings. The number of hydrogen-bond acceptors (Lipinski definition) is 6. The second-order valence-electron chi connectivity index (χ2n) is 7.62. The molecule has 1 aliphatic heterocycles. The molecule has 0 saturated carbocycles. The number of fused-ring (bicyclic) bond motifs is 1. The van der Waals surface area contributed by atoms with Crippen molar-refractivity contribution in [3.63, 3.8) is 0 Å². The third-order valence-electron chi connectivity index (χ3n) is 5.72. The van der Waals surface area contributed by atoms with E-state index in [4.69, 9.17) is 0 Å². The Kier molecular flexibility index (Phi) is 5.15. The molecule has 1 aromatic carbocycles. The Hall–Kier alpha value is -3.06. The van der Waals surface area contributed by atoms with Gasteiger partial charge in [0.15, 0.2) is 6.29 Å². The van der Waals surface area contributed by atoms with E-state index in [2.05, 4.69) is 30.8 Å². The summed E-state index contributed by atoms with van der Waals surface area (Å²) in [6.07, 6.45) is 0.782. The van der Waals surface area contributed by atoms with Crippen LogP contribution in [0.1, 0.15) is 33.0 Å². The predicted molar refractivity (Wildman–Crippen MR) is 114 cm³/mol. The fraction of sp³-hybridized carbons (Fsp3) is 0.364. The Morgan fingerprint density at radius 2 is 1.76 bits per heavy atom. The summed E-state index contributed by atoms with van der Waals surface area (Å²) in [7, 11) is 0. The van der Waals surface area contributed by atoms with Crippen LogP contribution in [0.4, 0.5) is 5.69 Å². The molecule has 2 aromatic heterocycles. The van der Waals surface area contributed by atoms with Crippen LogP contribution in [-0.4, -0.2) is 52.3 Å². The SMILES string of the molecule is Cc1nc(C=O)ccc1N1CCN(Cc2ccc3nc(C)c(=O)[nH]c3c2C)CC1. The van der Waals surface area contributed by atoms with Gasteiger partial charge >= 0.3 is 0 Å². The van der Waals surface area contributed by atoms with Crippen molar-refractivity contribution in [2.75, 3.05) is 31.1 Å². The highest BCUT2D eigenvalue weighted by Gasteiger charge is 2.20. The lowest BCUT2D eigenvalue weighted by Gasteiger charge is -2.36. The molecule has 0 atom stereocenters.